The van der Waals surface area contributed by atoms with Crippen molar-refractivity contribution in [2.24, 2.45) is 4.99 Å². The topological polar surface area (TPSA) is 30.8 Å². The third-order valence-electron chi connectivity index (χ3n) is 2.62. The Kier molecular flexibility index (Phi) is 1.78. The summed E-state index contributed by atoms with van der Waals surface area (Å²) in [5.74, 6) is 2.42. The van der Waals surface area contributed by atoms with E-state index in [1.807, 2.05) is 31.2 Å². The highest BCUT2D eigenvalue weighted by molar-refractivity contribution is 5.98. The maximum absolute atomic E-state index is 5.76. The normalized spacial score (nSPS) is 18.3. The number of allylic oxidation sites excluding steroid dienone is 1. The second-order valence-corrected chi connectivity index (χ2v) is 3.62. The summed E-state index contributed by atoms with van der Waals surface area (Å²) in [4.78, 5) is 4.46. The predicted octanol–water partition coefficient (Wildman–Crippen LogP) is 2.80. The molecule has 0 saturated carbocycles. The number of rotatable bonds is 0. The minimum absolute atomic E-state index is 0.705. The lowest BCUT2D eigenvalue weighted by molar-refractivity contribution is 0.343. The molecular formula is C12H11NO2. The number of fused-ring (bicyclic) bond motifs is 2. The van der Waals surface area contributed by atoms with Gasteiger partial charge < -0.3 is 9.47 Å². The predicted molar refractivity (Wildman–Crippen MR) is 57.4 cm³/mol. The van der Waals surface area contributed by atoms with Gasteiger partial charge in [0, 0.05) is 6.42 Å². The van der Waals surface area contributed by atoms with Crippen molar-refractivity contribution < 1.29 is 9.47 Å². The van der Waals surface area contributed by atoms with Crippen LogP contribution in [0.3, 0.4) is 0 Å². The molecule has 0 radical (unpaired) electrons. The van der Waals surface area contributed by atoms with Crippen LogP contribution in [0.4, 0.5) is 5.69 Å². The van der Waals surface area contributed by atoms with Gasteiger partial charge in [-0.15, -0.1) is 0 Å². The van der Waals surface area contributed by atoms with Crippen LogP contribution in [0, 0.1) is 0 Å². The van der Waals surface area contributed by atoms with Gasteiger partial charge in [0.05, 0.1) is 12.2 Å². The lowest BCUT2D eigenvalue weighted by Gasteiger charge is -2.06. The van der Waals surface area contributed by atoms with Gasteiger partial charge in [0.1, 0.15) is 11.4 Å². The molecule has 0 amide bonds. The van der Waals surface area contributed by atoms with Gasteiger partial charge in [-0.3, -0.25) is 0 Å². The van der Waals surface area contributed by atoms with Gasteiger partial charge in [0.25, 0.3) is 0 Å². The van der Waals surface area contributed by atoms with Crippen molar-refractivity contribution in [1.82, 2.24) is 0 Å². The zero-order chi connectivity index (χ0) is 10.3. The summed E-state index contributed by atoms with van der Waals surface area (Å²) in [5, 5.41) is 0. The molecular weight excluding hydrogens is 190 g/mol. The summed E-state index contributed by atoms with van der Waals surface area (Å²) in [7, 11) is 0. The Labute approximate surface area is 88.0 Å². The minimum atomic E-state index is 0.705. The monoisotopic (exact) mass is 201 g/mol. The molecule has 0 N–H and O–H groups in total. The summed E-state index contributed by atoms with van der Waals surface area (Å²) in [6.07, 6.45) is 0.888. The van der Waals surface area contributed by atoms with Crippen molar-refractivity contribution >= 4 is 11.6 Å². The second-order valence-electron chi connectivity index (χ2n) is 3.62. The van der Waals surface area contributed by atoms with Crippen LogP contribution in [-0.4, -0.2) is 12.5 Å². The maximum Gasteiger partial charge on any atom is 0.220 e. The van der Waals surface area contributed by atoms with Crippen molar-refractivity contribution in [2.75, 3.05) is 6.61 Å². The van der Waals surface area contributed by atoms with E-state index in [0.717, 1.165) is 35.1 Å². The van der Waals surface area contributed by atoms with Crippen molar-refractivity contribution in [3.8, 4) is 5.75 Å². The lowest BCUT2D eigenvalue weighted by Crippen LogP contribution is -1.99. The van der Waals surface area contributed by atoms with Crippen LogP contribution in [0.2, 0.25) is 0 Å². The molecule has 1 aromatic rings. The highest BCUT2D eigenvalue weighted by Crippen LogP contribution is 2.35. The van der Waals surface area contributed by atoms with E-state index < -0.39 is 0 Å². The summed E-state index contributed by atoms with van der Waals surface area (Å²) in [5.41, 5.74) is 1.93. The molecule has 3 heteroatoms. The largest absolute Gasteiger partial charge is 0.477 e. The molecule has 0 spiro atoms. The molecule has 0 aliphatic carbocycles. The van der Waals surface area contributed by atoms with E-state index in [-0.39, 0.29) is 0 Å². The fraction of sp³-hybridized carbons (Fsp3) is 0.250. The van der Waals surface area contributed by atoms with E-state index in [2.05, 4.69) is 4.99 Å². The molecule has 0 bridgehead atoms. The van der Waals surface area contributed by atoms with Crippen LogP contribution >= 0.6 is 0 Å². The van der Waals surface area contributed by atoms with E-state index in [4.69, 9.17) is 9.47 Å². The molecule has 0 unspecified atom stereocenters. The van der Waals surface area contributed by atoms with Gasteiger partial charge >= 0.3 is 0 Å². The zero-order valence-corrected chi connectivity index (χ0v) is 8.49. The standard InChI is InChI=1S/C12H11NO2/c1-8-9-6-7-14-12(9)13-10-4-2-3-5-11(10)15-8/h2-5H,6-7H2,1H3. The first kappa shape index (κ1) is 8.53. The summed E-state index contributed by atoms with van der Waals surface area (Å²) >= 11 is 0. The fourth-order valence-electron chi connectivity index (χ4n) is 1.84. The molecule has 15 heavy (non-hydrogen) atoms. The number of hydrogen-bond acceptors (Lipinski definition) is 3. The van der Waals surface area contributed by atoms with Crippen molar-refractivity contribution in [1.29, 1.82) is 0 Å². The third-order valence-corrected chi connectivity index (χ3v) is 2.62. The Balaban J connectivity index is 2.19. The summed E-state index contributed by atoms with van der Waals surface area (Å²) < 4.78 is 11.2. The SMILES string of the molecule is CC1=C2CCOC2=Nc2ccccc2O1. The lowest BCUT2D eigenvalue weighted by atomic mass is 10.2. The molecule has 2 heterocycles. The Morgan fingerprint density at radius 1 is 1.27 bits per heavy atom. The molecule has 1 aromatic carbocycles. The van der Waals surface area contributed by atoms with Crippen LogP contribution in [0.25, 0.3) is 0 Å². The number of aliphatic imine (C=N–C) groups is 1. The van der Waals surface area contributed by atoms with Gasteiger partial charge in [0.15, 0.2) is 5.75 Å². The van der Waals surface area contributed by atoms with E-state index in [0.29, 0.717) is 6.61 Å². The molecule has 2 aliphatic rings. The molecule has 3 nitrogen and oxygen atoms in total. The molecule has 3 rings (SSSR count). The quantitative estimate of drug-likeness (QED) is 0.646. The molecule has 1 saturated heterocycles. The Morgan fingerprint density at radius 2 is 2.13 bits per heavy atom. The van der Waals surface area contributed by atoms with Crippen LogP contribution in [0.5, 0.6) is 5.75 Å². The summed E-state index contributed by atoms with van der Waals surface area (Å²) in [6, 6.07) is 7.74. The Bertz CT molecular complexity index is 474. The summed E-state index contributed by atoms with van der Waals surface area (Å²) in [6.45, 7) is 2.67. The first-order valence-electron chi connectivity index (χ1n) is 5.03. The van der Waals surface area contributed by atoms with E-state index in [1.165, 1.54) is 0 Å². The van der Waals surface area contributed by atoms with E-state index in [1.54, 1.807) is 0 Å². The van der Waals surface area contributed by atoms with Crippen LogP contribution in [-0.2, 0) is 4.74 Å². The highest BCUT2D eigenvalue weighted by atomic mass is 16.5. The van der Waals surface area contributed by atoms with Crippen LogP contribution < -0.4 is 4.74 Å². The fourth-order valence-corrected chi connectivity index (χ4v) is 1.84. The smallest absolute Gasteiger partial charge is 0.220 e. The van der Waals surface area contributed by atoms with Gasteiger partial charge in [-0.2, -0.15) is 0 Å². The first-order valence-corrected chi connectivity index (χ1v) is 5.03. The number of hydrogen-bond donors (Lipinski definition) is 0. The molecule has 2 aliphatic heterocycles. The number of nitrogens with zero attached hydrogens (tertiary/aromatic N) is 1. The van der Waals surface area contributed by atoms with E-state index >= 15 is 0 Å². The Morgan fingerprint density at radius 3 is 3.07 bits per heavy atom. The van der Waals surface area contributed by atoms with Gasteiger partial charge in [-0.25, -0.2) is 4.99 Å². The number of ether oxygens (including phenoxy) is 2. The van der Waals surface area contributed by atoms with E-state index in [9.17, 15) is 0 Å². The maximum atomic E-state index is 5.76. The highest BCUT2D eigenvalue weighted by Gasteiger charge is 2.24. The van der Waals surface area contributed by atoms with Crippen LogP contribution in [0.15, 0.2) is 40.6 Å². The zero-order valence-electron chi connectivity index (χ0n) is 8.49. The van der Waals surface area contributed by atoms with Gasteiger partial charge in [-0.1, -0.05) is 12.1 Å². The van der Waals surface area contributed by atoms with Crippen molar-refractivity contribution in [3.05, 3.63) is 35.6 Å². The van der Waals surface area contributed by atoms with Gasteiger partial charge in [-0.05, 0) is 19.1 Å². The van der Waals surface area contributed by atoms with Crippen molar-refractivity contribution in [3.63, 3.8) is 0 Å². The first-order chi connectivity index (χ1) is 7.34. The second kappa shape index (κ2) is 3.12. The molecule has 1 fully saturated rings. The van der Waals surface area contributed by atoms with Crippen LogP contribution in [0.1, 0.15) is 13.3 Å². The average Bonchev–Trinajstić information content (AvgIpc) is 2.64. The molecule has 0 aromatic heterocycles. The number of benzene rings is 1. The Hall–Kier alpha value is -1.77. The van der Waals surface area contributed by atoms with Gasteiger partial charge in [0.2, 0.25) is 5.90 Å². The molecule has 0 atom stereocenters. The van der Waals surface area contributed by atoms with Crippen molar-refractivity contribution in [2.45, 2.75) is 13.3 Å². The third kappa shape index (κ3) is 1.31. The average molecular weight is 201 g/mol. The number of para-hydroxylation sites is 2. The molecule has 76 valence electrons. The minimum Gasteiger partial charge on any atom is -0.477 e.